The van der Waals surface area contributed by atoms with Crippen molar-refractivity contribution in [3.8, 4) is 0 Å². The molecule has 0 fully saturated rings. The van der Waals surface area contributed by atoms with E-state index in [0.29, 0.717) is 12.0 Å². The molecule has 1 rings (SSSR count). The van der Waals surface area contributed by atoms with Crippen molar-refractivity contribution in [2.24, 2.45) is 23.1 Å². The Hall–Kier alpha value is -5.44. The third-order valence-electron chi connectivity index (χ3n) is 8.32. The van der Waals surface area contributed by atoms with Gasteiger partial charge in [-0.1, -0.05) is 50.6 Å². The van der Waals surface area contributed by atoms with E-state index in [2.05, 4.69) is 49.8 Å². The number of hydrogen-bond donors (Lipinski definition) is 14. The Kier molecular flexibility index (Phi) is 22.1. The summed E-state index contributed by atoms with van der Waals surface area (Å²) in [6, 6.07) is 1.22. The molecule has 0 aliphatic carbocycles. The van der Waals surface area contributed by atoms with E-state index in [0.717, 1.165) is 0 Å². The molecule has 16 N–H and O–H groups in total. The smallest absolute Gasteiger partial charge is 0.305 e. The van der Waals surface area contributed by atoms with E-state index in [1.165, 1.54) is 0 Å². The average Bonchev–Trinajstić information content (AvgIpc) is 3.13. The monoisotopic (exact) mass is 791 g/mol. The van der Waals surface area contributed by atoms with Gasteiger partial charge in [0, 0.05) is 25.3 Å². The van der Waals surface area contributed by atoms with Crippen LogP contribution < -0.4 is 54.4 Å². The molecule has 0 bridgehead atoms. The molecule has 0 heterocycles. The molecule has 0 aliphatic heterocycles. The van der Waals surface area contributed by atoms with Gasteiger partial charge in [-0.25, -0.2) is 0 Å². The number of nitrogens with one attached hydrogen (secondary N) is 9. The van der Waals surface area contributed by atoms with Crippen molar-refractivity contribution in [2.45, 2.75) is 95.0 Å². The van der Waals surface area contributed by atoms with Crippen LogP contribution in [0.3, 0.4) is 0 Å². The van der Waals surface area contributed by atoms with Gasteiger partial charge in [0.05, 0.1) is 12.5 Å². The highest BCUT2D eigenvalue weighted by molar-refractivity contribution is 7.80. The third kappa shape index (κ3) is 18.9. The van der Waals surface area contributed by atoms with Gasteiger partial charge in [0.25, 0.3) is 0 Å². The Morgan fingerprint density at radius 2 is 1.27 bits per heavy atom. The van der Waals surface area contributed by atoms with E-state index in [-0.39, 0.29) is 62.9 Å². The number of aliphatic carboxylic acids is 1. The Morgan fingerprint density at radius 1 is 0.782 bits per heavy atom. The highest BCUT2D eigenvalue weighted by Gasteiger charge is 2.34. The lowest BCUT2D eigenvalue weighted by Gasteiger charge is -2.29. The molecule has 21 heteroatoms. The average molecular weight is 792 g/mol. The van der Waals surface area contributed by atoms with Crippen molar-refractivity contribution in [2.75, 3.05) is 18.8 Å². The number of nitrogens with two attached hydrogens (primary N) is 3. The maximum absolute atomic E-state index is 14.0. The summed E-state index contributed by atoms with van der Waals surface area (Å²) >= 11 is 4.04. The van der Waals surface area contributed by atoms with Crippen LogP contribution in [0.15, 0.2) is 30.3 Å². The molecule has 305 valence electrons. The number of guanidine groups is 2. The second-order valence-electron chi connectivity index (χ2n) is 12.8. The fraction of sp³-hybridized carbons (Fsp3) is 0.559. The Bertz CT molecular complexity index is 1470. The molecule has 7 atom stereocenters. The lowest BCUT2D eigenvalue weighted by molar-refractivity contribution is -0.140. The SMILES string of the molecule is CC[C@H](C)[C@H](NC(=O)[C@H](CCCNC(=N)N)NC(=O)[C@@H](N)CC(=O)O)C(=O)N[C@@H](Cc1ccccc1)C(=O)N[C@@H](CCCNC(=N)N)C(=O)N[C@H]([C]=O)CS. The van der Waals surface area contributed by atoms with Crippen LogP contribution in [0.4, 0.5) is 0 Å². The zero-order valence-electron chi connectivity index (χ0n) is 31.0. The van der Waals surface area contributed by atoms with Crippen LogP contribution in [0.5, 0.6) is 0 Å². The van der Waals surface area contributed by atoms with Crippen LogP contribution in [-0.2, 0) is 40.0 Å². The van der Waals surface area contributed by atoms with Gasteiger partial charge in [0.15, 0.2) is 11.9 Å². The summed E-state index contributed by atoms with van der Waals surface area (Å²) in [7, 11) is 0. The molecule has 0 saturated heterocycles. The second kappa shape index (κ2) is 25.6. The molecule has 1 aromatic rings. The van der Waals surface area contributed by atoms with Crippen molar-refractivity contribution < 1.29 is 38.7 Å². The largest absolute Gasteiger partial charge is 0.481 e. The maximum atomic E-state index is 14.0. The highest BCUT2D eigenvalue weighted by Crippen LogP contribution is 2.12. The van der Waals surface area contributed by atoms with Crippen LogP contribution in [0.25, 0.3) is 0 Å². The minimum atomic E-state index is -1.47. The fourth-order valence-corrected chi connectivity index (χ4v) is 5.25. The first-order chi connectivity index (χ1) is 26.0. The van der Waals surface area contributed by atoms with Gasteiger partial charge in [-0.3, -0.25) is 44.4 Å². The number of hydrogen-bond acceptors (Lipinski definition) is 11. The summed E-state index contributed by atoms with van der Waals surface area (Å²) in [5, 5.41) is 41.9. The van der Waals surface area contributed by atoms with E-state index >= 15 is 0 Å². The standard InChI is InChI=1S/C34H55N12O8S/c1-3-19(2)27(46-30(52)24(12-8-14-41-34(38)39)43-28(50)22(35)16-26(48)49)32(54)45-25(15-20-9-5-4-6-10-20)31(53)44-23(11-7-13-40-33(36)37)29(51)42-21(17-47)18-55/h4-6,9-10,19,21-25,27,55H,3,7-8,11-16,18,35H2,1-2H3,(H,42,51)(H,43,50)(H,44,53)(H,45,54)(H,46,52)(H,48,49)(H4,36,37,40)(H4,38,39,41)/t19-,21+,22-,23-,24-,25-,27-/m0/s1. The van der Waals surface area contributed by atoms with E-state index < -0.39 is 84.1 Å². The first-order valence-corrected chi connectivity index (χ1v) is 18.3. The Labute approximate surface area is 325 Å². The quantitative estimate of drug-likeness (QED) is 0.0194. The van der Waals surface area contributed by atoms with E-state index in [1.807, 2.05) is 0 Å². The van der Waals surface area contributed by atoms with Gasteiger partial charge in [-0.2, -0.15) is 12.6 Å². The van der Waals surface area contributed by atoms with Gasteiger partial charge in [0.2, 0.25) is 35.8 Å². The lowest BCUT2D eigenvalue weighted by Crippen LogP contribution is -2.60. The summed E-state index contributed by atoms with van der Waals surface area (Å²) in [6.45, 7) is 3.84. The van der Waals surface area contributed by atoms with E-state index in [4.69, 9.17) is 33.1 Å². The minimum absolute atomic E-state index is 0.00709. The topological polar surface area (TPSA) is 350 Å². The van der Waals surface area contributed by atoms with Crippen LogP contribution >= 0.6 is 12.6 Å². The molecule has 55 heavy (non-hydrogen) atoms. The number of rotatable bonds is 26. The first-order valence-electron chi connectivity index (χ1n) is 17.7. The van der Waals surface area contributed by atoms with E-state index in [1.54, 1.807) is 50.5 Å². The van der Waals surface area contributed by atoms with Crippen molar-refractivity contribution in [3.05, 3.63) is 35.9 Å². The molecule has 1 radical (unpaired) electrons. The van der Waals surface area contributed by atoms with Gasteiger partial charge in [0.1, 0.15) is 30.2 Å². The molecule has 0 aromatic heterocycles. The van der Waals surface area contributed by atoms with Crippen LogP contribution in [-0.4, -0.2) is 114 Å². The van der Waals surface area contributed by atoms with Crippen LogP contribution in [0.2, 0.25) is 0 Å². The van der Waals surface area contributed by atoms with E-state index in [9.17, 15) is 33.6 Å². The van der Waals surface area contributed by atoms with Gasteiger partial charge in [-0.15, -0.1) is 0 Å². The Morgan fingerprint density at radius 3 is 1.75 bits per heavy atom. The molecule has 0 spiro atoms. The summed E-state index contributed by atoms with van der Waals surface area (Å²) in [5.74, 6) is -6.37. The molecule has 0 unspecified atom stereocenters. The minimum Gasteiger partial charge on any atom is -0.481 e. The second-order valence-corrected chi connectivity index (χ2v) is 13.1. The number of benzene rings is 1. The first kappa shape index (κ1) is 47.6. The highest BCUT2D eigenvalue weighted by atomic mass is 32.1. The summed E-state index contributed by atoms with van der Waals surface area (Å²) in [4.78, 5) is 90.0. The molecule has 0 saturated carbocycles. The summed E-state index contributed by atoms with van der Waals surface area (Å²) in [5.41, 5.74) is 17.1. The van der Waals surface area contributed by atoms with Gasteiger partial charge >= 0.3 is 5.97 Å². The van der Waals surface area contributed by atoms with Gasteiger partial charge in [-0.05, 0) is 37.2 Å². The third-order valence-corrected chi connectivity index (χ3v) is 8.68. The van der Waals surface area contributed by atoms with Crippen LogP contribution in [0.1, 0.15) is 57.9 Å². The molecule has 20 nitrogen and oxygen atoms in total. The zero-order valence-corrected chi connectivity index (χ0v) is 31.9. The number of carboxylic acids is 1. The summed E-state index contributed by atoms with van der Waals surface area (Å²) in [6.07, 6.45) is 1.88. The molecule has 1 aromatic carbocycles. The van der Waals surface area contributed by atoms with Gasteiger partial charge < -0.3 is 59.5 Å². The van der Waals surface area contributed by atoms with Crippen molar-refractivity contribution in [1.82, 2.24) is 37.2 Å². The lowest BCUT2D eigenvalue weighted by atomic mass is 9.96. The zero-order chi connectivity index (χ0) is 41.5. The van der Waals surface area contributed by atoms with Crippen molar-refractivity contribution in [1.29, 1.82) is 10.8 Å². The number of thiol groups is 1. The maximum Gasteiger partial charge on any atom is 0.305 e. The van der Waals surface area contributed by atoms with Crippen molar-refractivity contribution >= 4 is 66.3 Å². The normalized spacial score (nSPS) is 14.5. The number of carbonyl (C=O) groups is 6. The molecular weight excluding hydrogens is 737 g/mol. The molecular formula is C34H55N12O8S. The summed E-state index contributed by atoms with van der Waals surface area (Å²) < 4.78 is 0. The molecule has 0 aliphatic rings. The fourth-order valence-electron chi connectivity index (χ4n) is 5.09. The number of carbonyl (C=O) groups excluding carboxylic acids is 6. The predicted octanol–water partition coefficient (Wildman–Crippen LogP) is -2.93. The van der Waals surface area contributed by atoms with Crippen LogP contribution in [0, 0.1) is 16.7 Å². The number of carboxylic acid groups (broad SMARTS) is 1. The number of amides is 5. The predicted molar refractivity (Wildman–Crippen MR) is 207 cm³/mol. The van der Waals surface area contributed by atoms with Crippen molar-refractivity contribution in [3.63, 3.8) is 0 Å². The molecule has 5 amide bonds. The Balaban J connectivity index is 3.40.